The molecule has 0 spiro atoms. The maximum Gasteiger partial charge on any atom is 0.227 e. The third-order valence-corrected chi connectivity index (χ3v) is 3.83. The lowest BCUT2D eigenvalue weighted by Crippen LogP contribution is -2.21. The zero-order valence-corrected chi connectivity index (χ0v) is 12.0. The number of amides is 1. The van der Waals surface area contributed by atoms with Crippen LogP contribution in [0.4, 0.5) is 5.69 Å². The first-order valence-corrected chi connectivity index (χ1v) is 7.03. The molecule has 104 valence electrons. The molecule has 1 aliphatic carbocycles. The van der Waals surface area contributed by atoms with Gasteiger partial charge < -0.3 is 10.4 Å². The molecule has 2 rings (SSSR count). The number of anilines is 1. The molecule has 0 aromatic heterocycles. The topological polar surface area (TPSA) is 49.3 Å². The Kier molecular flexibility index (Phi) is 3.83. The van der Waals surface area contributed by atoms with Gasteiger partial charge in [0.2, 0.25) is 5.91 Å². The predicted molar refractivity (Wildman–Crippen MR) is 77.4 cm³/mol. The molecule has 1 saturated carbocycles. The molecule has 19 heavy (non-hydrogen) atoms. The van der Waals surface area contributed by atoms with Crippen LogP contribution in [0.5, 0.6) is 5.75 Å². The Hall–Kier alpha value is -1.51. The summed E-state index contributed by atoms with van der Waals surface area (Å²) in [7, 11) is 0. The molecule has 1 aromatic rings. The average molecular weight is 261 g/mol. The van der Waals surface area contributed by atoms with Crippen LogP contribution in [0.2, 0.25) is 0 Å². The Morgan fingerprint density at radius 1 is 1.26 bits per heavy atom. The quantitative estimate of drug-likeness (QED) is 0.795. The summed E-state index contributed by atoms with van der Waals surface area (Å²) in [6.07, 6.45) is 4.19. The van der Waals surface area contributed by atoms with Crippen LogP contribution >= 0.6 is 0 Å². The maximum atomic E-state index is 12.1. The van der Waals surface area contributed by atoms with Crippen LogP contribution in [0.15, 0.2) is 18.2 Å². The molecule has 0 saturated heterocycles. The summed E-state index contributed by atoms with van der Waals surface area (Å²) in [5, 5.41) is 13.2. The molecule has 0 radical (unpaired) electrons. The Morgan fingerprint density at radius 2 is 1.89 bits per heavy atom. The highest BCUT2D eigenvalue weighted by atomic mass is 16.3. The lowest BCUT2D eigenvalue weighted by molar-refractivity contribution is -0.119. The predicted octanol–water partition coefficient (Wildman–Crippen LogP) is 3.82. The fourth-order valence-electron chi connectivity index (χ4n) is 2.67. The second-order valence-electron chi connectivity index (χ2n) is 6.42. The van der Waals surface area contributed by atoms with Crippen LogP contribution in [0, 0.1) is 5.92 Å². The van der Waals surface area contributed by atoms with Crippen molar-refractivity contribution in [3.05, 3.63) is 23.8 Å². The molecule has 1 aromatic carbocycles. The van der Waals surface area contributed by atoms with Gasteiger partial charge in [0.1, 0.15) is 5.75 Å². The van der Waals surface area contributed by atoms with Gasteiger partial charge in [0.15, 0.2) is 0 Å². The highest BCUT2D eigenvalue weighted by Crippen LogP contribution is 2.36. The number of phenolic OH excluding ortho intramolecular Hbond substituents is 1. The summed E-state index contributed by atoms with van der Waals surface area (Å²) in [5.74, 6) is 0.345. The fraction of sp³-hybridized carbons (Fsp3) is 0.562. The van der Waals surface area contributed by atoms with E-state index in [0.29, 0.717) is 5.69 Å². The summed E-state index contributed by atoms with van der Waals surface area (Å²) in [5.41, 5.74) is 1.25. The molecule has 3 heteroatoms. The van der Waals surface area contributed by atoms with E-state index in [1.54, 1.807) is 6.07 Å². The first-order valence-electron chi connectivity index (χ1n) is 7.03. The summed E-state index contributed by atoms with van der Waals surface area (Å²) >= 11 is 0. The van der Waals surface area contributed by atoms with Gasteiger partial charge in [-0.2, -0.15) is 0 Å². The Morgan fingerprint density at radius 3 is 2.47 bits per heavy atom. The largest absolute Gasteiger partial charge is 0.505 e. The van der Waals surface area contributed by atoms with Gasteiger partial charge in [-0.1, -0.05) is 45.7 Å². The SMILES string of the molecule is CC(C)(C)c1cccc(NC(=O)C2CCCC2)c1O. The number of para-hydroxylation sites is 1. The number of carbonyl (C=O) groups is 1. The summed E-state index contributed by atoms with van der Waals surface area (Å²) in [4.78, 5) is 12.1. The van der Waals surface area contributed by atoms with E-state index < -0.39 is 0 Å². The molecule has 1 amide bonds. The van der Waals surface area contributed by atoms with Crippen molar-refractivity contribution in [2.75, 3.05) is 5.32 Å². The van der Waals surface area contributed by atoms with Gasteiger partial charge in [0.25, 0.3) is 0 Å². The Labute approximate surface area is 115 Å². The lowest BCUT2D eigenvalue weighted by atomic mass is 9.86. The van der Waals surface area contributed by atoms with Crippen molar-refractivity contribution in [3.63, 3.8) is 0 Å². The first kappa shape index (κ1) is 13.9. The Balaban J connectivity index is 2.19. The van der Waals surface area contributed by atoms with Gasteiger partial charge >= 0.3 is 0 Å². The minimum absolute atomic E-state index is 0.0406. The van der Waals surface area contributed by atoms with E-state index in [2.05, 4.69) is 5.32 Å². The molecule has 0 heterocycles. The highest BCUT2D eigenvalue weighted by molar-refractivity contribution is 5.94. The second-order valence-corrected chi connectivity index (χ2v) is 6.42. The van der Waals surface area contributed by atoms with E-state index in [9.17, 15) is 9.90 Å². The minimum Gasteiger partial charge on any atom is -0.505 e. The highest BCUT2D eigenvalue weighted by Gasteiger charge is 2.25. The number of nitrogens with one attached hydrogen (secondary N) is 1. The number of phenols is 1. The summed E-state index contributed by atoms with van der Waals surface area (Å²) < 4.78 is 0. The first-order chi connectivity index (χ1) is 8.89. The molecule has 2 N–H and O–H groups in total. The standard InChI is InChI=1S/C16H23NO2/c1-16(2,3)12-9-6-10-13(14(12)18)17-15(19)11-7-4-5-8-11/h6,9-11,18H,4-5,7-8H2,1-3H3,(H,17,19). The molecule has 0 aliphatic heterocycles. The normalized spacial score (nSPS) is 16.6. The van der Waals surface area contributed by atoms with E-state index in [1.807, 2.05) is 32.9 Å². The number of rotatable bonds is 2. The van der Waals surface area contributed by atoms with Crippen molar-refractivity contribution in [1.82, 2.24) is 0 Å². The van der Waals surface area contributed by atoms with Gasteiger partial charge in [0, 0.05) is 11.5 Å². The molecule has 1 fully saturated rings. The molecule has 0 bridgehead atoms. The van der Waals surface area contributed by atoms with Crippen LogP contribution in [-0.4, -0.2) is 11.0 Å². The van der Waals surface area contributed by atoms with Crippen LogP contribution in [0.3, 0.4) is 0 Å². The van der Waals surface area contributed by atoms with Crippen molar-refractivity contribution in [1.29, 1.82) is 0 Å². The van der Waals surface area contributed by atoms with E-state index >= 15 is 0 Å². The van der Waals surface area contributed by atoms with Crippen molar-refractivity contribution >= 4 is 11.6 Å². The van der Waals surface area contributed by atoms with Gasteiger partial charge in [-0.05, 0) is 24.3 Å². The number of aromatic hydroxyl groups is 1. The summed E-state index contributed by atoms with van der Waals surface area (Å²) in [6.45, 7) is 6.14. The molecule has 1 aliphatic rings. The van der Waals surface area contributed by atoms with Gasteiger partial charge in [0.05, 0.1) is 5.69 Å². The second kappa shape index (κ2) is 5.24. The van der Waals surface area contributed by atoms with Crippen LogP contribution in [0.1, 0.15) is 52.0 Å². The van der Waals surface area contributed by atoms with E-state index in [4.69, 9.17) is 0 Å². The van der Waals surface area contributed by atoms with E-state index in [0.717, 1.165) is 31.2 Å². The van der Waals surface area contributed by atoms with E-state index in [-0.39, 0.29) is 23.0 Å². The van der Waals surface area contributed by atoms with Crippen LogP contribution in [0.25, 0.3) is 0 Å². The average Bonchev–Trinajstić information content (AvgIpc) is 2.83. The third kappa shape index (κ3) is 3.09. The molecular weight excluding hydrogens is 238 g/mol. The minimum atomic E-state index is -0.141. The zero-order chi connectivity index (χ0) is 14.0. The van der Waals surface area contributed by atoms with Crippen LogP contribution < -0.4 is 5.32 Å². The maximum absolute atomic E-state index is 12.1. The Bertz CT molecular complexity index is 468. The fourth-order valence-corrected chi connectivity index (χ4v) is 2.67. The summed E-state index contributed by atoms with van der Waals surface area (Å²) in [6, 6.07) is 5.54. The lowest BCUT2D eigenvalue weighted by Gasteiger charge is -2.22. The third-order valence-electron chi connectivity index (χ3n) is 3.83. The zero-order valence-electron chi connectivity index (χ0n) is 12.0. The van der Waals surface area contributed by atoms with Crippen molar-refractivity contribution < 1.29 is 9.90 Å². The van der Waals surface area contributed by atoms with Crippen molar-refractivity contribution in [3.8, 4) is 5.75 Å². The number of carbonyl (C=O) groups excluding carboxylic acids is 1. The van der Waals surface area contributed by atoms with E-state index in [1.165, 1.54) is 0 Å². The number of hydrogen-bond acceptors (Lipinski definition) is 2. The smallest absolute Gasteiger partial charge is 0.227 e. The van der Waals surface area contributed by atoms with Crippen LogP contribution in [-0.2, 0) is 10.2 Å². The van der Waals surface area contributed by atoms with Crippen molar-refractivity contribution in [2.24, 2.45) is 5.92 Å². The monoisotopic (exact) mass is 261 g/mol. The molecule has 0 atom stereocenters. The van der Waals surface area contributed by atoms with Gasteiger partial charge in [-0.15, -0.1) is 0 Å². The van der Waals surface area contributed by atoms with Crippen molar-refractivity contribution in [2.45, 2.75) is 51.9 Å². The number of benzene rings is 1. The molecule has 0 unspecified atom stereocenters. The molecule has 3 nitrogen and oxygen atoms in total. The van der Waals surface area contributed by atoms with Gasteiger partial charge in [-0.3, -0.25) is 4.79 Å². The van der Waals surface area contributed by atoms with Gasteiger partial charge in [-0.25, -0.2) is 0 Å². The molecular formula is C16H23NO2. The number of hydrogen-bond donors (Lipinski definition) is 2.